The topological polar surface area (TPSA) is 20.2 Å². The Morgan fingerprint density at radius 3 is 2.28 bits per heavy atom. The van der Waals surface area contributed by atoms with Crippen molar-refractivity contribution in [3.05, 3.63) is 71.0 Å². The molecule has 0 aliphatic rings. The summed E-state index contributed by atoms with van der Waals surface area (Å²) in [5.74, 6) is -2.43. The molecule has 0 spiro atoms. The molecule has 18 heavy (non-hydrogen) atoms. The first kappa shape index (κ1) is 12.6. The van der Waals surface area contributed by atoms with E-state index >= 15 is 0 Å². The van der Waals surface area contributed by atoms with Crippen molar-refractivity contribution in [3.8, 4) is 0 Å². The molecule has 2 aromatic carbocycles. The zero-order valence-corrected chi connectivity index (χ0v) is 9.41. The van der Waals surface area contributed by atoms with E-state index in [9.17, 15) is 18.3 Å². The second kappa shape index (κ2) is 5.23. The van der Waals surface area contributed by atoms with Crippen molar-refractivity contribution in [2.24, 2.45) is 0 Å². The van der Waals surface area contributed by atoms with Crippen LogP contribution in [-0.2, 0) is 6.42 Å². The van der Waals surface area contributed by atoms with Crippen LogP contribution in [0.5, 0.6) is 0 Å². The SMILES string of the molecule is OC(Cc1ccccc1F)c1ccc(F)c(F)c1. The fraction of sp³-hybridized carbons (Fsp3) is 0.143. The third kappa shape index (κ3) is 2.71. The average Bonchev–Trinajstić information content (AvgIpc) is 2.35. The van der Waals surface area contributed by atoms with Crippen molar-refractivity contribution >= 4 is 0 Å². The molecule has 94 valence electrons. The third-order valence-corrected chi connectivity index (χ3v) is 2.70. The highest BCUT2D eigenvalue weighted by Crippen LogP contribution is 2.21. The van der Waals surface area contributed by atoms with Gasteiger partial charge in [-0.05, 0) is 29.3 Å². The molecule has 0 radical (unpaired) electrons. The molecule has 0 saturated carbocycles. The quantitative estimate of drug-likeness (QED) is 0.887. The molecule has 0 aliphatic carbocycles. The van der Waals surface area contributed by atoms with Crippen LogP contribution in [-0.4, -0.2) is 5.11 Å². The van der Waals surface area contributed by atoms with Crippen molar-refractivity contribution in [1.82, 2.24) is 0 Å². The summed E-state index contributed by atoms with van der Waals surface area (Å²) in [5, 5.41) is 9.86. The van der Waals surface area contributed by atoms with Crippen LogP contribution in [0, 0.1) is 17.5 Å². The van der Waals surface area contributed by atoms with Crippen LogP contribution in [0.3, 0.4) is 0 Å². The molecule has 1 atom stereocenters. The molecule has 0 aliphatic heterocycles. The Labute approximate surface area is 103 Å². The first-order valence-corrected chi connectivity index (χ1v) is 5.44. The summed E-state index contributed by atoms with van der Waals surface area (Å²) in [6.07, 6.45) is -1.06. The number of aliphatic hydroxyl groups excluding tert-OH is 1. The summed E-state index contributed by atoms with van der Waals surface area (Å²) in [6, 6.07) is 9.16. The number of aliphatic hydroxyl groups is 1. The van der Waals surface area contributed by atoms with Crippen LogP contribution in [0.4, 0.5) is 13.2 Å². The highest BCUT2D eigenvalue weighted by atomic mass is 19.2. The van der Waals surface area contributed by atoms with E-state index in [1.165, 1.54) is 12.1 Å². The number of hydrogen-bond donors (Lipinski definition) is 1. The number of hydrogen-bond acceptors (Lipinski definition) is 1. The molecule has 1 N–H and O–H groups in total. The molecular formula is C14H11F3O. The highest BCUT2D eigenvalue weighted by molar-refractivity contribution is 5.24. The lowest BCUT2D eigenvalue weighted by atomic mass is 10.0. The molecule has 0 aromatic heterocycles. The minimum atomic E-state index is -1.07. The Morgan fingerprint density at radius 2 is 1.61 bits per heavy atom. The van der Waals surface area contributed by atoms with Gasteiger partial charge in [-0.3, -0.25) is 0 Å². The van der Waals surface area contributed by atoms with Gasteiger partial charge in [0.2, 0.25) is 0 Å². The maximum Gasteiger partial charge on any atom is 0.159 e. The van der Waals surface area contributed by atoms with Gasteiger partial charge in [-0.1, -0.05) is 24.3 Å². The largest absolute Gasteiger partial charge is 0.388 e. The number of benzene rings is 2. The fourth-order valence-corrected chi connectivity index (χ4v) is 1.71. The Kier molecular flexibility index (Phi) is 3.67. The van der Waals surface area contributed by atoms with Gasteiger partial charge in [-0.25, -0.2) is 13.2 Å². The van der Waals surface area contributed by atoms with Gasteiger partial charge in [-0.2, -0.15) is 0 Å². The van der Waals surface area contributed by atoms with E-state index in [-0.39, 0.29) is 12.0 Å². The highest BCUT2D eigenvalue weighted by Gasteiger charge is 2.13. The van der Waals surface area contributed by atoms with Gasteiger partial charge in [0.1, 0.15) is 5.82 Å². The molecule has 1 unspecified atom stereocenters. The zero-order chi connectivity index (χ0) is 13.1. The van der Waals surface area contributed by atoms with Crippen molar-refractivity contribution in [2.45, 2.75) is 12.5 Å². The monoisotopic (exact) mass is 252 g/mol. The smallest absolute Gasteiger partial charge is 0.159 e. The van der Waals surface area contributed by atoms with E-state index in [1.807, 2.05) is 0 Å². The first-order valence-electron chi connectivity index (χ1n) is 5.44. The van der Waals surface area contributed by atoms with Crippen LogP contribution in [0.25, 0.3) is 0 Å². The van der Waals surface area contributed by atoms with Gasteiger partial charge in [0.25, 0.3) is 0 Å². The number of rotatable bonds is 3. The zero-order valence-electron chi connectivity index (χ0n) is 9.41. The van der Waals surface area contributed by atoms with E-state index in [0.717, 1.165) is 12.1 Å². The summed E-state index contributed by atoms with van der Waals surface area (Å²) < 4.78 is 39.1. The van der Waals surface area contributed by atoms with Gasteiger partial charge in [0.15, 0.2) is 11.6 Å². The van der Waals surface area contributed by atoms with Crippen molar-refractivity contribution in [1.29, 1.82) is 0 Å². The van der Waals surface area contributed by atoms with Crippen LogP contribution < -0.4 is 0 Å². The maximum absolute atomic E-state index is 13.4. The minimum absolute atomic E-state index is 0.0117. The van der Waals surface area contributed by atoms with E-state index in [0.29, 0.717) is 5.56 Å². The van der Waals surface area contributed by atoms with Gasteiger partial charge in [-0.15, -0.1) is 0 Å². The van der Waals surface area contributed by atoms with Crippen molar-refractivity contribution < 1.29 is 18.3 Å². The van der Waals surface area contributed by atoms with Crippen LogP contribution in [0.15, 0.2) is 42.5 Å². The minimum Gasteiger partial charge on any atom is -0.388 e. The van der Waals surface area contributed by atoms with Crippen LogP contribution in [0.1, 0.15) is 17.2 Å². The molecular weight excluding hydrogens is 241 g/mol. The molecule has 0 amide bonds. The van der Waals surface area contributed by atoms with Crippen LogP contribution in [0.2, 0.25) is 0 Å². The predicted molar refractivity (Wildman–Crippen MR) is 61.4 cm³/mol. The predicted octanol–water partition coefficient (Wildman–Crippen LogP) is 3.38. The Morgan fingerprint density at radius 1 is 0.889 bits per heavy atom. The Bertz CT molecular complexity index is 554. The molecule has 2 rings (SSSR count). The lowest BCUT2D eigenvalue weighted by molar-refractivity contribution is 0.176. The van der Waals surface area contributed by atoms with E-state index in [4.69, 9.17) is 0 Å². The molecule has 0 bridgehead atoms. The normalized spacial score (nSPS) is 12.4. The molecule has 1 nitrogen and oxygen atoms in total. The molecule has 0 saturated heterocycles. The van der Waals surface area contributed by atoms with Crippen LogP contribution >= 0.6 is 0 Å². The van der Waals surface area contributed by atoms with Gasteiger partial charge >= 0.3 is 0 Å². The fourth-order valence-electron chi connectivity index (χ4n) is 1.71. The lowest BCUT2D eigenvalue weighted by Crippen LogP contribution is -2.04. The summed E-state index contributed by atoms with van der Waals surface area (Å²) in [5.41, 5.74) is 0.548. The standard InChI is InChI=1S/C14H11F3O/c15-11-4-2-1-3-9(11)8-14(18)10-5-6-12(16)13(17)7-10/h1-7,14,18H,8H2. The van der Waals surface area contributed by atoms with Crippen molar-refractivity contribution in [2.75, 3.05) is 0 Å². The Hall–Kier alpha value is -1.81. The van der Waals surface area contributed by atoms with Gasteiger partial charge < -0.3 is 5.11 Å². The first-order chi connectivity index (χ1) is 8.58. The molecule has 2 aromatic rings. The molecule has 0 heterocycles. The summed E-state index contributed by atoms with van der Waals surface area (Å²) in [7, 11) is 0. The Balaban J connectivity index is 2.19. The maximum atomic E-state index is 13.4. The van der Waals surface area contributed by atoms with Crippen molar-refractivity contribution in [3.63, 3.8) is 0 Å². The summed E-state index contributed by atoms with van der Waals surface area (Å²) in [4.78, 5) is 0. The summed E-state index contributed by atoms with van der Waals surface area (Å²) >= 11 is 0. The average molecular weight is 252 g/mol. The second-order valence-corrected chi connectivity index (χ2v) is 3.98. The van der Waals surface area contributed by atoms with E-state index in [1.54, 1.807) is 18.2 Å². The van der Waals surface area contributed by atoms with E-state index < -0.39 is 23.6 Å². The second-order valence-electron chi connectivity index (χ2n) is 3.98. The molecule has 0 fully saturated rings. The lowest BCUT2D eigenvalue weighted by Gasteiger charge is -2.12. The van der Waals surface area contributed by atoms with E-state index in [2.05, 4.69) is 0 Å². The molecule has 4 heteroatoms. The summed E-state index contributed by atoms with van der Waals surface area (Å²) in [6.45, 7) is 0. The van der Waals surface area contributed by atoms with Gasteiger partial charge in [0, 0.05) is 6.42 Å². The third-order valence-electron chi connectivity index (χ3n) is 2.70. The van der Waals surface area contributed by atoms with Gasteiger partial charge in [0.05, 0.1) is 6.10 Å². The number of halogens is 3.